The second-order valence-electron chi connectivity index (χ2n) is 5.02. The van der Waals surface area contributed by atoms with Crippen LogP contribution in [0.1, 0.15) is 24.8 Å². The zero-order valence-corrected chi connectivity index (χ0v) is 11.5. The van der Waals surface area contributed by atoms with Crippen molar-refractivity contribution in [3.8, 4) is 0 Å². The van der Waals surface area contributed by atoms with E-state index in [1.807, 2.05) is 0 Å². The van der Waals surface area contributed by atoms with Gasteiger partial charge in [-0.2, -0.15) is 0 Å². The van der Waals surface area contributed by atoms with Gasteiger partial charge in [0.25, 0.3) is 0 Å². The predicted molar refractivity (Wildman–Crippen MR) is 75.1 cm³/mol. The fourth-order valence-electron chi connectivity index (χ4n) is 2.22. The molecule has 0 bridgehead atoms. The first-order valence-corrected chi connectivity index (χ1v) is 7.10. The van der Waals surface area contributed by atoms with Crippen LogP contribution in [0, 0.1) is 5.82 Å². The standard InChI is InChI=1S/C15H21FN2O2/c16-13-5-3-12(4-6-13)2-1-9-17-15(19)18-14-7-10-20-11-8-14/h3-6,14H,1-2,7-11H2,(H2,17,18,19). The third kappa shape index (κ3) is 5.17. The molecule has 2 rings (SSSR count). The highest BCUT2D eigenvalue weighted by Gasteiger charge is 2.15. The van der Waals surface area contributed by atoms with E-state index in [0.717, 1.165) is 44.5 Å². The molecule has 1 aliphatic heterocycles. The summed E-state index contributed by atoms with van der Waals surface area (Å²) in [6.07, 6.45) is 3.43. The van der Waals surface area contributed by atoms with Crippen molar-refractivity contribution in [2.75, 3.05) is 19.8 Å². The van der Waals surface area contributed by atoms with Crippen LogP contribution < -0.4 is 10.6 Å². The number of benzene rings is 1. The molecule has 1 aromatic carbocycles. The van der Waals surface area contributed by atoms with E-state index in [1.165, 1.54) is 12.1 Å². The Morgan fingerprint density at radius 1 is 1.25 bits per heavy atom. The summed E-state index contributed by atoms with van der Waals surface area (Å²) in [5, 5.41) is 5.79. The lowest BCUT2D eigenvalue weighted by atomic mass is 10.1. The van der Waals surface area contributed by atoms with Gasteiger partial charge in [0.1, 0.15) is 5.82 Å². The summed E-state index contributed by atoms with van der Waals surface area (Å²) in [6, 6.07) is 6.58. The molecule has 0 aromatic heterocycles. The van der Waals surface area contributed by atoms with Crippen molar-refractivity contribution in [1.82, 2.24) is 10.6 Å². The molecule has 1 saturated heterocycles. The topological polar surface area (TPSA) is 50.4 Å². The Labute approximate surface area is 118 Å². The lowest BCUT2D eigenvalue weighted by Gasteiger charge is -2.23. The summed E-state index contributed by atoms with van der Waals surface area (Å²) in [7, 11) is 0. The van der Waals surface area contributed by atoms with Gasteiger partial charge in [0.15, 0.2) is 0 Å². The Hall–Kier alpha value is -1.62. The zero-order chi connectivity index (χ0) is 14.2. The number of nitrogens with one attached hydrogen (secondary N) is 2. The van der Waals surface area contributed by atoms with Gasteiger partial charge in [0.05, 0.1) is 0 Å². The first-order chi connectivity index (χ1) is 9.74. The summed E-state index contributed by atoms with van der Waals surface area (Å²) in [6.45, 7) is 2.05. The molecule has 2 amide bonds. The van der Waals surface area contributed by atoms with Crippen molar-refractivity contribution in [3.05, 3.63) is 35.6 Å². The van der Waals surface area contributed by atoms with E-state index in [-0.39, 0.29) is 17.9 Å². The van der Waals surface area contributed by atoms with Crippen LogP contribution in [0.15, 0.2) is 24.3 Å². The fraction of sp³-hybridized carbons (Fsp3) is 0.533. The smallest absolute Gasteiger partial charge is 0.315 e. The fourth-order valence-corrected chi connectivity index (χ4v) is 2.22. The Morgan fingerprint density at radius 3 is 2.65 bits per heavy atom. The molecule has 4 nitrogen and oxygen atoms in total. The second kappa shape index (κ2) is 7.85. The molecule has 1 fully saturated rings. The highest BCUT2D eigenvalue weighted by Crippen LogP contribution is 2.06. The van der Waals surface area contributed by atoms with E-state index >= 15 is 0 Å². The van der Waals surface area contributed by atoms with Gasteiger partial charge in [-0.05, 0) is 43.4 Å². The van der Waals surface area contributed by atoms with E-state index in [1.54, 1.807) is 12.1 Å². The Kier molecular flexibility index (Phi) is 5.80. The Balaban J connectivity index is 1.58. The summed E-state index contributed by atoms with van der Waals surface area (Å²) in [5.74, 6) is -0.220. The number of amides is 2. The highest BCUT2D eigenvalue weighted by atomic mass is 19.1. The summed E-state index contributed by atoms with van der Waals surface area (Å²) >= 11 is 0. The Bertz CT molecular complexity index is 416. The van der Waals surface area contributed by atoms with Crippen LogP contribution in [-0.2, 0) is 11.2 Å². The van der Waals surface area contributed by atoms with Gasteiger partial charge in [-0.15, -0.1) is 0 Å². The number of halogens is 1. The van der Waals surface area contributed by atoms with Crippen molar-refractivity contribution < 1.29 is 13.9 Å². The van der Waals surface area contributed by atoms with Crippen LogP contribution in [0.3, 0.4) is 0 Å². The SMILES string of the molecule is O=C(NCCCc1ccc(F)cc1)NC1CCOCC1. The van der Waals surface area contributed by atoms with Gasteiger partial charge in [0, 0.05) is 25.8 Å². The van der Waals surface area contributed by atoms with Crippen LogP contribution >= 0.6 is 0 Å². The molecule has 0 saturated carbocycles. The maximum Gasteiger partial charge on any atom is 0.315 e. The number of hydrogen-bond donors (Lipinski definition) is 2. The van der Waals surface area contributed by atoms with Crippen LogP contribution in [0.25, 0.3) is 0 Å². The maximum absolute atomic E-state index is 12.7. The third-order valence-electron chi connectivity index (χ3n) is 3.40. The maximum atomic E-state index is 12.7. The highest BCUT2D eigenvalue weighted by molar-refractivity contribution is 5.74. The van der Waals surface area contributed by atoms with Crippen molar-refractivity contribution in [3.63, 3.8) is 0 Å². The van der Waals surface area contributed by atoms with Crippen molar-refractivity contribution in [1.29, 1.82) is 0 Å². The number of urea groups is 1. The lowest BCUT2D eigenvalue weighted by Crippen LogP contribution is -2.44. The van der Waals surface area contributed by atoms with Gasteiger partial charge in [-0.25, -0.2) is 9.18 Å². The van der Waals surface area contributed by atoms with E-state index in [2.05, 4.69) is 10.6 Å². The van der Waals surface area contributed by atoms with Gasteiger partial charge in [0.2, 0.25) is 0 Å². The summed E-state index contributed by atoms with van der Waals surface area (Å²) in [5.41, 5.74) is 1.08. The minimum atomic E-state index is -0.220. The van der Waals surface area contributed by atoms with Gasteiger partial charge < -0.3 is 15.4 Å². The van der Waals surface area contributed by atoms with Crippen LogP contribution in [0.2, 0.25) is 0 Å². The summed E-state index contributed by atoms with van der Waals surface area (Å²) < 4.78 is 18.0. The number of hydrogen-bond acceptors (Lipinski definition) is 2. The number of aryl methyl sites for hydroxylation is 1. The molecule has 5 heteroatoms. The molecule has 2 N–H and O–H groups in total. The number of carbonyl (C=O) groups is 1. The average Bonchev–Trinajstić information content (AvgIpc) is 2.46. The van der Waals surface area contributed by atoms with Crippen molar-refractivity contribution in [2.45, 2.75) is 31.7 Å². The van der Waals surface area contributed by atoms with Crippen molar-refractivity contribution >= 4 is 6.03 Å². The first-order valence-electron chi connectivity index (χ1n) is 7.10. The quantitative estimate of drug-likeness (QED) is 0.813. The zero-order valence-electron chi connectivity index (χ0n) is 11.5. The molecule has 1 aliphatic rings. The lowest BCUT2D eigenvalue weighted by molar-refractivity contribution is 0.0801. The van der Waals surface area contributed by atoms with Gasteiger partial charge >= 0.3 is 6.03 Å². The Morgan fingerprint density at radius 2 is 1.95 bits per heavy atom. The molecule has 1 heterocycles. The molecule has 0 aliphatic carbocycles. The predicted octanol–water partition coefficient (Wildman–Crippen LogP) is 2.24. The normalized spacial score (nSPS) is 15.8. The monoisotopic (exact) mass is 280 g/mol. The minimum Gasteiger partial charge on any atom is -0.381 e. The van der Waals surface area contributed by atoms with E-state index in [9.17, 15) is 9.18 Å². The second-order valence-corrected chi connectivity index (χ2v) is 5.02. The van der Waals surface area contributed by atoms with E-state index in [0.29, 0.717) is 6.54 Å². The molecule has 20 heavy (non-hydrogen) atoms. The molecule has 1 aromatic rings. The minimum absolute atomic E-state index is 0.115. The molecule has 0 atom stereocenters. The number of ether oxygens (including phenoxy) is 1. The molecule has 110 valence electrons. The van der Waals surface area contributed by atoms with Crippen LogP contribution in [0.5, 0.6) is 0 Å². The molecule has 0 radical (unpaired) electrons. The molecular weight excluding hydrogens is 259 g/mol. The number of carbonyl (C=O) groups excluding carboxylic acids is 1. The third-order valence-corrected chi connectivity index (χ3v) is 3.40. The first kappa shape index (κ1) is 14.8. The van der Waals surface area contributed by atoms with Crippen LogP contribution in [0.4, 0.5) is 9.18 Å². The van der Waals surface area contributed by atoms with Crippen molar-refractivity contribution in [2.24, 2.45) is 0 Å². The van der Waals surface area contributed by atoms with Gasteiger partial charge in [-0.3, -0.25) is 0 Å². The molecule has 0 unspecified atom stereocenters. The largest absolute Gasteiger partial charge is 0.381 e. The number of rotatable bonds is 5. The van der Waals surface area contributed by atoms with E-state index < -0.39 is 0 Å². The van der Waals surface area contributed by atoms with E-state index in [4.69, 9.17) is 4.74 Å². The molecule has 0 spiro atoms. The summed E-state index contributed by atoms with van der Waals surface area (Å²) in [4.78, 5) is 11.7. The van der Waals surface area contributed by atoms with Gasteiger partial charge in [-0.1, -0.05) is 12.1 Å². The molecular formula is C15H21FN2O2. The van der Waals surface area contributed by atoms with Crippen LogP contribution in [-0.4, -0.2) is 31.8 Å². The average molecular weight is 280 g/mol.